The second-order valence-electron chi connectivity index (χ2n) is 8.82. The first-order valence-corrected chi connectivity index (χ1v) is 12.8. The molecule has 0 spiro atoms. The number of hydrogen-bond donors (Lipinski definition) is 0. The van der Waals surface area contributed by atoms with Crippen molar-refractivity contribution in [3.05, 3.63) is 84.3 Å². The molecule has 1 aliphatic heterocycles. The molecular weight excluding hydrogens is 527 g/mol. The second kappa shape index (κ2) is 9.70. The molecule has 0 radical (unpaired) electrons. The van der Waals surface area contributed by atoms with Crippen LogP contribution in [0.2, 0.25) is 0 Å². The predicted molar refractivity (Wildman–Crippen MR) is 145 cm³/mol. The number of aryl methyl sites for hydroxylation is 2. The van der Waals surface area contributed by atoms with Gasteiger partial charge in [0.1, 0.15) is 12.1 Å². The fourth-order valence-corrected chi connectivity index (χ4v) is 5.04. The molecule has 0 N–H and O–H groups in total. The van der Waals surface area contributed by atoms with Gasteiger partial charge in [0.2, 0.25) is 0 Å². The van der Waals surface area contributed by atoms with E-state index in [4.69, 9.17) is 4.99 Å². The lowest BCUT2D eigenvalue weighted by molar-refractivity contribution is -0.274. The molecule has 0 saturated carbocycles. The molecule has 0 atom stereocenters. The highest BCUT2D eigenvalue weighted by molar-refractivity contribution is 8.16. The maximum atomic E-state index is 12.4. The van der Waals surface area contributed by atoms with E-state index < -0.39 is 6.36 Å². The first kappa shape index (κ1) is 24.9. The van der Waals surface area contributed by atoms with Crippen molar-refractivity contribution < 1.29 is 17.9 Å². The van der Waals surface area contributed by atoms with Gasteiger partial charge in [0.15, 0.2) is 16.8 Å². The summed E-state index contributed by atoms with van der Waals surface area (Å²) in [5, 5.41) is 5.33. The van der Waals surface area contributed by atoms with Gasteiger partial charge >= 0.3 is 6.36 Å². The van der Waals surface area contributed by atoms with Crippen LogP contribution < -0.4 is 9.64 Å². The van der Waals surface area contributed by atoms with Crippen LogP contribution >= 0.6 is 11.8 Å². The SMILES string of the molecule is Cc1cccc(C)c1N1CS/C1=N\c1cnc2cc(-c3ncn(-c4ccc(OC(F)(F)F)cc4)n3)ccc2n1. The van der Waals surface area contributed by atoms with E-state index in [2.05, 4.69) is 61.7 Å². The fraction of sp³-hybridized carbons (Fsp3) is 0.148. The van der Waals surface area contributed by atoms with Crippen LogP contribution in [0.15, 0.2) is 78.2 Å². The van der Waals surface area contributed by atoms with Gasteiger partial charge in [-0.05, 0) is 67.4 Å². The lowest BCUT2D eigenvalue weighted by Gasteiger charge is -2.35. The van der Waals surface area contributed by atoms with E-state index in [9.17, 15) is 13.2 Å². The van der Waals surface area contributed by atoms with Crippen molar-refractivity contribution in [2.45, 2.75) is 20.2 Å². The summed E-state index contributed by atoms with van der Waals surface area (Å²) in [5.41, 5.74) is 6.18. The zero-order valence-corrected chi connectivity index (χ0v) is 21.5. The van der Waals surface area contributed by atoms with E-state index in [1.807, 2.05) is 18.2 Å². The van der Waals surface area contributed by atoms with Crippen LogP contribution in [-0.2, 0) is 0 Å². The number of hydrogen-bond acceptors (Lipinski definition) is 7. The third-order valence-electron chi connectivity index (χ3n) is 6.09. The molecule has 1 fully saturated rings. The fourth-order valence-electron chi connectivity index (χ4n) is 4.28. The summed E-state index contributed by atoms with van der Waals surface area (Å²) >= 11 is 1.66. The Hall–Kier alpha value is -4.45. The molecule has 12 heteroatoms. The number of ether oxygens (including phenoxy) is 1. The molecular formula is C27H20F3N7OS. The van der Waals surface area contributed by atoms with Crippen molar-refractivity contribution in [1.29, 1.82) is 0 Å². The summed E-state index contributed by atoms with van der Waals surface area (Å²) in [4.78, 5) is 20.5. The second-order valence-corrected chi connectivity index (χ2v) is 9.73. The number of halogens is 3. The topological polar surface area (TPSA) is 81.3 Å². The van der Waals surface area contributed by atoms with Crippen LogP contribution in [0.3, 0.4) is 0 Å². The number of anilines is 1. The molecule has 1 aliphatic rings. The van der Waals surface area contributed by atoms with Crippen molar-refractivity contribution >= 4 is 39.5 Å². The molecule has 0 unspecified atom stereocenters. The number of aromatic nitrogens is 5. The molecule has 0 bridgehead atoms. The predicted octanol–water partition coefficient (Wildman–Crippen LogP) is 6.59. The molecule has 0 amide bonds. The number of amidine groups is 1. The van der Waals surface area contributed by atoms with E-state index in [1.165, 1.54) is 52.1 Å². The minimum Gasteiger partial charge on any atom is -0.406 e. The third-order valence-corrected chi connectivity index (χ3v) is 7.04. The minimum absolute atomic E-state index is 0.307. The Balaban J connectivity index is 1.21. The monoisotopic (exact) mass is 547 g/mol. The molecule has 8 nitrogen and oxygen atoms in total. The van der Waals surface area contributed by atoms with E-state index in [-0.39, 0.29) is 5.75 Å². The van der Waals surface area contributed by atoms with Gasteiger partial charge in [-0.15, -0.1) is 18.3 Å². The Labute approximate surface area is 225 Å². The zero-order valence-electron chi connectivity index (χ0n) is 20.7. The van der Waals surface area contributed by atoms with E-state index in [1.54, 1.807) is 18.0 Å². The number of benzene rings is 3. The number of rotatable bonds is 5. The van der Waals surface area contributed by atoms with Gasteiger partial charge in [-0.25, -0.2) is 19.6 Å². The normalized spacial score (nSPS) is 14.6. The standard InChI is InChI=1S/C27H20F3N7OS/c1-16-4-3-5-17(2)24(16)36-15-39-26(36)34-23-13-31-22-12-18(6-11-21(22)33-23)25-32-14-37(35-25)19-7-9-20(10-8-19)38-27(28,29)30/h3-14H,15H2,1-2H3/b34-26-. The average Bonchev–Trinajstić information content (AvgIpc) is 3.38. The number of nitrogens with zero attached hydrogens (tertiary/aromatic N) is 7. The van der Waals surface area contributed by atoms with Crippen LogP contribution in [0.1, 0.15) is 11.1 Å². The molecule has 5 aromatic rings. The van der Waals surface area contributed by atoms with Crippen LogP contribution in [0.25, 0.3) is 28.1 Å². The van der Waals surface area contributed by atoms with Crippen molar-refractivity contribution in [1.82, 2.24) is 24.7 Å². The molecule has 39 heavy (non-hydrogen) atoms. The highest BCUT2D eigenvalue weighted by Gasteiger charge is 2.31. The maximum absolute atomic E-state index is 12.4. The van der Waals surface area contributed by atoms with Gasteiger partial charge in [0, 0.05) is 11.3 Å². The Morgan fingerprint density at radius 3 is 2.41 bits per heavy atom. The maximum Gasteiger partial charge on any atom is 0.573 e. The highest BCUT2D eigenvalue weighted by atomic mass is 32.2. The highest BCUT2D eigenvalue weighted by Crippen LogP contribution is 2.36. The minimum atomic E-state index is -4.74. The number of alkyl halides is 3. The summed E-state index contributed by atoms with van der Waals surface area (Å²) < 4.78 is 42.6. The van der Waals surface area contributed by atoms with Crippen LogP contribution in [0, 0.1) is 13.8 Å². The average molecular weight is 548 g/mol. The summed E-state index contributed by atoms with van der Waals surface area (Å²) in [7, 11) is 0. The number of thioether (sulfide) groups is 1. The lowest BCUT2D eigenvalue weighted by Crippen LogP contribution is -2.39. The number of fused-ring (bicyclic) bond motifs is 1. The Kier molecular flexibility index (Phi) is 6.18. The molecule has 3 aromatic carbocycles. The van der Waals surface area contributed by atoms with Crippen LogP contribution in [0.5, 0.6) is 5.75 Å². The van der Waals surface area contributed by atoms with Crippen molar-refractivity contribution in [2.75, 3.05) is 10.8 Å². The van der Waals surface area contributed by atoms with E-state index >= 15 is 0 Å². The smallest absolute Gasteiger partial charge is 0.406 e. The quantitative estimate of drug-likeness (QED) is 0.246. The summed E-state index contributed by atoms with van der Waals surface area (Å²) in [6.07, 6.45) is -1.62. The molecule has 0 aliphatic carbocycles. The third kappa shape index (κ3) is 5.15. The van der Waals surface area contributed by atoms with Crippen molar-refractivity contribution in [2.24, 2.45) is 4.99 Å². The van der Waals surface area contributed by atoms with Gasteiger partial charge in [0.05, 0.1) is 28.8 Å². The summed E-state index contributed by atoms with van der Waals surface area (Å²) in [6.45, 7) is 4.19. The summed E-state index contributed by atoms with van der Waals surface area (Å²) in [5.74, 6) is 1.49. The Morgan fingerprint density at radius 2 is 1.72 bits per heavy atom. The first-order chi connectivity index (χ1) is 18.7. The summed E-state index contributed by atoms with van der Waals surface area (Å²) in [6, 6.07) is 17.1. The van der Waals surface area contributed by atoms with E-state index in [0.29, 0.717) is 28.4 Å². The van der Waals surface area contributed by atoms with Crippen LogP contribution in [-0.4, -0.2) is 42.1 Å². The van der Waals surface area contributed by atoms with Crippen molar-refractivity contribution in [3.63, 3.8) is 0 Å². The molecule has 6 rings (SSSR count). The lowest BCUT2D eigenvalue weighted by atomic mass is 10.1. The molecule has 196 valence electrons. The van der Waals surface area contributed by atoms with E-state index in [0.717, 1.165) is 16.6 Å². The molecule has 2 aromatic heterocycles. The van der Waals surface area contributed by atoms with Crippen molar-refractivity contribution in [3.8, 4) is 22.8 Å². The first-order valence-electron chi connectivity index (χ1n) is 11.8. The van der Waals surface area contributed by atoms with Gasteiger partial charge in [-0.3, -0.25) is 4.98 Å². The van der Waals surface area contributed by atoms with Gasteiger partial charge < -0.3 is 9.64 Å². The van der Waals surface area contributed by atoms with Gasteiger partial charge in [-0.2, -0.15) is 0 Å². The molecule has 3 heterocycles. The molecule has 1 saturated heterocycles. The van der Waals surface area contributed by atoms with Gasteiger partial charge in [-0.1, -0.05) is 30.0 Å². The Bertz CT molecular complexity index is 1700. The largest absolute Gasteiger partial charge is 0.573 e. The zero-order chi connectivity index (χ0) is 27.1. The van der Waals surface area contributed by atoms with Crippen LogP contribution in [0.4, 0.5) is 24.7 Å². The number of para-hydroxylation sites is 1. The Morgan fingerprint density at radius 1 is 0.949 bits per heavy atom. The van der Waals surface area contributed by atoms with Gasteiger partial charge in [0.25, 0.3) is 0 Å². The number of aliphatic imine (C=N–C) groups is 1.